The SMILES string of the molecule is CCOC(=O)[C@@]1(Cc2ccccc2)C[C@H]2CC[C@@H]1N2Cc1nncn1C. The molecule has 2 fully saturated rings. The molecule has 0 aliphatic carbocycles. The zero-order valence-corrected chi connectivity index (χ0v) is 15.5. The lowest BCUT2D eigenvalue weighted by atomic mass is 9.70. The van der Waals surface area contributed by atoms with Crippen LogP contribution < -0.4 is 0 Å². The van der Waals surface area contributed by atoms with Gasteiger partial charge < -0.3 is 9.30 Å². The van der Waals surface area contributed by atoms with Gasteiger partial charge in [-0.1, -0.05) is 30.3 Å². The molecule has 1 aromatic heterocycles. The molecule has 0 spiro atoms. The van der Waals surface area contributed by atoms with Crippen molar-refractivity contribution in [3.8, 4) is 0 Å². The van der Waals surface area contributed by atoms with Gasteiger partial charge in [-0.2, -0.15) is 0 Å². The predicted octanol–water partition coefficient (Wildman–Crippen LogP) is 2.34. The van der Waals surface area contributed by atoms with Gasteiger partial charge in [0.1, 0.15) is 12.2 Å². The zero-order chi connectivity index (χ0) is 18.1. The van der Waals surface area contributed by atoms with E-state index in [2.05, 4.69) is 27.2 Å². The first-order valence-electron chi connectivity index (χ1n) is 9.44. The lowest BCUT2D eigenvalue weighted by molar-refractivity contribution is -0.157. The second kappa shape index (κ2) is 6.83. The van der Waals surface area contributed by atoms with Crippen LogP contribution in [0.1, 0.15) is 37.6 Å². The molecule has 26 heavy (non-hydrogen) atoms. The number of benzene rings is 1. The van der Waals surface area contributed by atoms with E-state index in [0.29, 0.717) is 12.6 Å². The van der Waals surface area contributed by atoms with E-state index in [0.717, 1.165) is 38.1 Å². The van der Waals surface area contributed by atoms with Crippen LogP contribution in [0.4, 0.5) is 0 Å². The van der Waals surface area contributed by atoms with Gasteiger partial charge in [-0.05, 0) is 38.2 Å². The van der Waals surface area contributed by atoms with Gasteiger partial charge >= 0.3 is 5.97 Å². The van der Waals surface area contributed by atoms with Gasteiger partial charge in [-0.3, -0.25) is 9.69 Å². The van der Waals surface area contributed by atoms with Crippen molar-refractivity contribution in [2.75, 3.05) is 6.61 Å². The molecule has 2 saturated heterocycles. The van der Waals surface area contributed by atoms with Crippen LogP contribution in [0.2, 0.25) is 0 Å². The van der Waals surface area contributed by atoms with Gasteiger partial charge in [0.25, 0.3) is 0 Å². The van der Waals surface area contributed by atoms with Gasteiger partial charge in [0, 0.05) is 19.1 Å². The Morgan fingerprint density at radius 3 is 2.81 bits per heavy atom. The molecule has 0 N–H and O–H groups in total. The molecule has 2 aliphatic heterocycles. The van der Waals surface area contributed by atoms with E-state index in [1.807, 2.05) is 36.7 Å². The summed E-state index contributed by atoms with van der Waals surface area (Å²) in [4.78, 5) is 15.6. The first-order valence-corrected chi connectivity index (χ1v) is 9.44. The molecule has 0 saturated carbocycles. The van der Waals surface area contributed by atoms with E-state index in [4.69, 9.17) is 4.74 Å². The van der Waals surface area contributed by atoms with Crippen molar-refractivity contribution >= 4 is 5.97 Å². The van der Waals surface area contributed by atoms with Gasteiger partial charge in [0.15, 0.2) is 0 Å². The number of esters is 1. The summed E-state index contributed by atoms with van der Waals surface area (Å²) in [6.07, 6.45) is 5.51. The average Bonchev–Trinajstić information content (AvgIpc) is 3.31. The van der Waals surface area contributed by atoms with Crippen molar-refractivity contribution in [2.24, 2.45) is 12.5 Å². The summed E-state index contributed by atoms with van der Waals surface area (Å²) in [6.45, 7) is 3.05. The number of hydrogen-bond acceptors (Lipinski definition) is 5. The quantitative estimate of drug-likeness (QED) is 0.745. The van der Waals surface area contributed by atoms with Crippen LogP contribution in [-0.4, -0.2) is 44.3 Å². The third-order valence-corrected chi connectivity index (χ3v) is 6.05. The zero-order valence-electron chi connectivity index (χ0n) is 15.5. The van der Waals surface area contributed by atoms with E-state index >= 15 is 0 Å². The summed E-state index contributed by atoms with van der Waals surface area (Å²) in [7, 11) is 1.97. The van der Waals surface area contributed by atoms with Crippen molar-refractivity contribution in [1.82, 2.24) is 19.7 Å². The van der Waals surface area contributed by atoms with Crippen molar-refractivity contribution in [2.45, 2.75) is 51.2 Å². The molecule has 6 heteroatoms. The lowest BCUT2D eigenvalue weighted by Gasteiger charge is -2.35. The highest BCUT2D eigenvalue weighted by molar-refractivity contribution is 5.79. The summed E-state index contributed by atoms with van der Waals surface area (Å²) in [6, 6.07) is 10.9. The Hall–Kier alpha value is -2.21. The highest BCUT2D eigenvalue weighted by Gasteiger charge is 2.60. The first kappa shape index (κ1) is 17.2. The minimum Gasteiger partial charge on any atom is -0.466 e. The highest BCUT2D eigenvalue weighted by Crippen LogP contribution is 2.52. The van der Waals surface area contributed by atoms with E-state index in [-0.39, 0.29) is 12.0 Å². The number of rotatable bonds is 6. The lowest BCUT2D eigenvalue weighted by Crippen LogP contribution is -2.46. The average molecular weight is 354 g/mol. The fourth-order valence-corrected chi connectivity index (χ4v) is 4.88. The molecule has 4 rings (SSSR count). The third kappa shape index (κ3) is 2.82. The summed E-state index contributed by atoms with van der Waals surface area (Å²) in [5.41, 5.74) is 0.741. The fraction of sp³-hybridized carbons (Fsp3) is 0.550. The van der Waals surface area contributed by atoms with Crippen LogP contribution in [0.5, 0.6) is 0 Å². The Bertz CT molecular complexity index is 775. The number of fused-ring (bicyclic) bond motifs is 2. The standard InChI is InChI=1S/C20H26N4O2/c1-3-26-19(25)20(11-15-7-5-4-6-8-15)12-16-9-10-17(20)24(16)13-18-22-21-14-23(18)2/h4-8,14,16-17H,3,9-13H2,1-2H3/t16-,17+,20+/m1/s1. The summed E-state index contributed by atoms with van der Waals surface area (Å²) >= 11 is 0. The molecule has 3 atom stereocenters. The normalized spacial score (nSPS) is 27.8. The van der Waals surface area contributed by atoms with Gasteiger partial charge in [0.2, 0.25) is 0 Å². The topological polar surface area (TPSA) is 60.2 Å². The first-order chi connectivity index (χ1) is 12.6. The van der Waals surface area contributed by atoms with Crippen molar-refractivity contribution in [3.05, 3.63) is 48.0 Å². The summed E-state index contributed by atoms with van der Waals surface area (Å²) in [5, 5.41) is 8.24. The monoisotopic (exact) mass is 354 g/mol. The van der Waals surface area contributed by atoms with Gasteiger partial charge in [-0.15, -0.1) is 10.2 Å². The molecule has 3 heterocycles. The van der Waals surface area contributed by atoms with Gasteiger partial charge in [0.05, 0.1) is 18.6 Å². The maximum absolute atomic E-state index is 13.1. The molecule has 2 aliphatic rings. The van der Waals surface area contributed by atoms with Gasteiger partial charge in [-0.25, -0.2) is 0 Å². The molecule has 6 nitrogen and oxygen atoms in total. The van der Waals surface area contributed by atoms with Crippen molar-refractivity contribution in [3.63, 3.8) is 0 Å². The highest BCUT2D eigenvalue weighted by atomic mass is 16.5. The van der Waals surface area contributed by atoms with E-state index in [1.54, 1.807) is 6.33 Å². The number of ether oxygens (including phenoxy) is 1. The maximum Gasteiger partial charge on any atom is 0.314 e. The Morgan fingerprint density at radius 2 is 2.12 bits per heavy atom. The number of aryl methyl sites for hydroxylation is 1. The molecular formula is C20H26N4O2. The second-order valence-corrected chi connectivity index (χ2v) is 7.52. The Balaban J connectivity index is 1.64. The number of nitrogens with zero attached hydrogens (tertiary/aromatic N) is 4. The van der Waals surface area contributed by atoms with Crippen LogP contribution in [-0.2, 0) is 29.5 Å². The smallest absolute Gasteiger partial charge is 0.314 e. The van der Waals surface area contributed by atoms with Crippen LogP contribution in [0, 0.1) is 5.41 Å². The number of hydrogen-bond donors (Lipinski definition) is 0. The second-order valence-electron chi connectivity index (χ2n) is 7.52. The van der Waals surface area contributed by atoms with E-state index in [1.165, 1.54) is 5.56 Å². The fourth-order valence-electron chi connectivity index (χ4n) is 4.88. The largest absolute Gasteiger partial charge is 0.466 e. The molecule has 0 radical (unpaired) electrons. The maximum atomic E-state index is 13.1. The van der Waals surface area contributed by atoms with Crippen LogP contribution in [0.15, 0.2) is 36.7 Å². The van der Waals surface area contributed by atoms with Crippen molar-refractivity contribution < 1.29 is 9.53 Å². The molecule has 0 unspecified atom stereocenters. The minimum absolute atomic E-state index is 0.0426. The molecule has 138 valence electrons. The predicted molar refractivity (Wildman–Crippen MR) is 97.2 cm³/mol. The van der Waals surface area contributed by atoms with E-state index in [9.17, 15) is 4.79 Å². The van der Waals surface area contributed by atoms with Crippen molar-refractivity contribution in [1.29, 1.82) is 0 Å². The third-order valence-electron chi connectivity index (χ3n) is 6.05. The van der Waals surface area contributed by atoms with Crippen LogP contribution in [0.25, 0.3) is 0 Å². The molecule has 2 bridgehead atoms. The molecule has 2 aromatic rings. The van der Waals surface area contributed by atoms with E-state index < -0.39 is 5.41 Å². The number of carbonyl (C=O) groups is 1. The Labute approximate surface area is 154 Å². The molecule has 0 amide bonds. The Kier molecular flexibility index (Phi) is 4.53. The minimum atomic E-state index is -0.459. The van der Waals surface area contributed by atoms with Crippen LogP contribution in [0.3, 0.4) is 0 Å². The van der Waals surface area contributed by atoms with Crippen LogP contribution >= 0.6 is 0 Å². The molecular weight excluding hydrogens is 328 g/mol. The molecule has 1 aromatic carbocycles. The Morgan fingerprint density at radius 1 is 1.31 bits per heavy atom. The number of carbonyl (C=O) groups excluding carboxylic acids is 1. The summed E-state index contributed by atoms with van der Waals surface area (Å²) < 4.78 is 7.52. The summed E-state index contributed by atoms with van der Waals surface area (Å²) in [5.74, 6) is 0.903. The number of aromatic nitrogens is 3.